The van der Waals surface area contributed by atoms with Crippen LogP contribution < -0.4 is 14.8 Å². The van der Waals surface area contributed by atoms with E-state index in [0.29, 0.717) is 47.4 Å². The molecule has 0 radical (unpaired) electrons. The number of ether oxygens (including phenoxy) is 3. The fraction of sp³-hybridized carbons (Fsp3) is 0.360. The van der Waals surface area contributed by atoms with Crippen molar-refractivity contribution in [3.05, 3.63) is 53.6 Å². The van der Waals surface area contributed by atoms with Crippen LogP contribution in [0.4, 0.5) is 5.69 Å². The fourth-order valence-corrected chi connectivity index (χ4v) is 4.35. The maximum Gasteiger partial charge on any atom is 0.337 e. The quantitative estimate of drug-likeness (QED) is 0.394. The zero-order valence-electron chi connectivity index (χ0n) is 20.2. The number of benzene rings is 2. The Hall–Kier alpha value is -3.66. The van der Waals surface area contributed by atoms with Crippen molar-refractivity contribution >= 4 is 40.8 Å². The van der Waals surface area contributed by atoms with Crippen LogP contribution in [0, 0.1) is 0 Å². The number of amides is 2. The fourth-order valence-electron chi connectivity index (χ4n) is 3.92. The smallest absolute Gasteiger partial charge is 0.337 e. The maximum absolute atomic E-state index is 13.0. The lowest BCUT2D eigenvalue weighted by Crippen LogP contribution is -2.39. The third-order valence-corrected chi connectivity index (χ3v) is 6.23. The Morgan fingerprint density at radius 1 is 1.03 bits per heavy atom. The molecule has 2 aromatic rings. The molecular weight excluding hydrogens is 470 g/mol. The maximum atomic E-state index is 13.0. The minimum Gasteiger partial charge on any atom is -0.493 e. The number of likely N-dealkylation sites (N-methyl/N-ethyl adjacent to an activating group) is 1. The Morgan fingerprint density at radius 2 is 1.71 bits per heavy atom. The van der Waals surface area contributed by atoms with E-state index in [-0.39, 0.29) is 18.2 Å². The summed E-state index contributed by atoms with van der Waals surface area (Å²) in [5.74, 6) is 0.272. The van der Waals surface area contributed by atoms with Crippen molar-refractivity contribution in [2.45, 2.75) is 25.8 Å². The average molecular weight is 500 g/mol. The number of rotatable bonds is 10. The van der Waals surface area contributed by atoms with Gasteiger partial charge in [-0.15, -0.1) is 0 Å². The van der Waals surface area contributed by atoms with Crippen LogP contribution >= 0.6 is 12.2 Å². The molecule has 0 unspecified atom stereocenters. The Kier molecular flexibility index (Phi) is 8.64. The van der Waals surface area contributed by atoms with Gasteiger partial charge in [-0.1, -0.05) is 6.07 Å². The molecule has 1 N–H and O–H groups in total. The number of thiocarbonyl (C=S) groups is 1. The molecule has 2 aromatic carbocycles. The lowest BCUT2D eigenvalue weighted by atomic mass is 10.1. The number of nitrogens with zero attached hydrogens (tertiary/aromatic N) is 2. The first-order valence-corrected chi connectivity index (χ1v) is 11.5. The number of methoxy groups -OCH3 is 3. The second kappa shape index (κ2) is 11.7. The van der Waals surface area contributed by atoms with Gasteiger partial charge >= 0.3 is 5.97 Å². The zero-order valence-corrected chi connectivity index (χ0v) is 21.0. The number of anilines is 1. The summed E-state index contributed by atoms with van der Waals surface area (Å²) in [7, 11) is 4.46. The SMILES string of the molecule is CCN1C(=O)[C@@H](CC(=O)Nc2ccc(C(=O)OC)cc2)N(CCc2ccc(OC)c(OC)c2)C1=S. The molecule has 1 saturated heterocycles. The number of esters is 1. The van der Waals surface area contributed by atoms with Crippen LogP contribution in [0.15, 0.2) is 42.5 Å². The van der Waals surface area contributed by atoms with Crippen molar-refractivity contribution in [2.75, 3.05) is 39.7 Å². The van der Waals surface area contributed by atoms with Crippen molar-refractivity contribution in [2.24, 2.45) is 0 Å². The molecule has 0 bridgehead atoms. The van der Waals surface area contributed by atoms with Gasteiger partial charge < -0.3 is 24.4 Å². The highest BCUT2D eigenvalue weighted by Crippen LogP contribution is 2.28. The second-order valence-electron chi connectivity index (χ2n) is 7.83. The highest BCUT2D eigenvalue weighted by Gasteiger charge is 2.42. The van der Waals surface area contributed by atoms with Crippen LogP contribution in [0.3, 0.4) is 0 Å². The number of hydrogen-bond donors (Lipinski definition) is 1. The normalized spacial score (nSPS) is 15.3. The van der Waals surface area contributed by atoms with Crippen molar-refractivity contribution in [1.29, 1.82) is 0 Å². The van der Waals surface area contributed by atoms with Crippen LogP contribution in [0.25, 0.3) is 0 Å². The molecule has 1 fully saturated rings. The molecule has 2 amide bonds. The average Bonchev–Trinajstić information content (AvgIpc) is 3.09. The topological polar surface area (TPSA) is 97.4 Å². The van der Waals surface area contributed by atoms with Crippen LogP contribution in [-0.4, -0.2) is 73.2 Å². The molecule has 1 aliphatic rings. The summed E-state index contributed by atoms with van der Waals surface area (Å²) in [6.07, 6.45) is 0.540. The summed E-state index contributed by atoms with van der Waals surface area (Å²) >= 11 is 5.56. The first-order valence-electron chi connectivity index (χ1n) is 11.1. The molecule has 9 nitrogen and oxygen atoms in total. The van der Waals surface area contributed by atoms with E-state index >= 15 is 0 Å². The minimum atomic E-state index is -0.697. The van der Waals surface area contributed by atoms with Gasteiger partial charge in [0, 0.05) is 18.8 Å². The van der Waals surface area contributed by atoms with Crippen LogP contribution in [0.1, 0.15) is 29.3 Å². The van der Waals surface area contributed by atoms with E-state index in [2.05, 4.69) is 10.1 Å². The molecular formula is C25H29N3O6S. The van der Waals surface area contributed by atoms with E-state index in [0.717, 1.165) is 5.56 Å². The summed E-state index contributed by atoms with van der Waals surface area (Å²) in [5.41, 5.74) is 1.88. The standard InChI is InChI=1S/C25H29N3O6S/c1-5-27-23(30)19(15-22(29)26-18-9-7-17(8-10-18)24(31)34-4)28(25(27)35)13-12-16-6-11-20(32-2)21(14-16)33-3/h6-11,14,19H,5,12-13,15H2,1-4H3,(H,26,29)/t19-/m1/s1. The predicted molar refractivity (Wildman–Crippen MR) is 135 cm³/mol. The lowest BCUT2D eigenvalue weighted by molar-refractivity contribution is -0.130. The largest absolute Gasteiger partial charge is 0.493 e. The molecule has 0 aromatic heterocycles. The first-order chi connectivity index (χ1) is 16.8. The third-order valence-electron chi connectivity index (χ3n) is 5.78. The molecule has 1 heterocycles. The van der Waals surface area contributed by atoms with Gasteiger partial charge in [-0.05, 0) is 67.5 Å². The van der Waals surface area contributed by atoms with E-state index in [9.17, 15) is 14.4 Å². The number of nitrogens with one attached hydrogen (secondary N) is 1. The molecule has 0 spiro atoms. The summed E-state index contributed by atoms with van der Waals surface area (Å²) < 4.78 is 15.3. The highest BCUT2D eigenvalue weighted by molar-refractivity contribution is 7.80. The lowest BCUT2D eigenvalue weighted by Gasteiger charge is -2.24. The third kappa shape index (κ3) is 5.89. The van der Waals surface area contributed by atoms with Crippen molar-refractivity contribution in [3.8, 4) is 11.5 Å². The summed E-state index contributed by atoms with van der Waals surface area (Å²) in [6, 6.07) is 11.3. The van der Waals surface area contributed by atoms with Gasteiger partial charge in [-0.2, -0.15) is 0 Å². The molecule has 10 heteroatoms. The van der Waals surface area contributed by atoms with E-state index < -0.39 is 12.0 Å². The number of carbonyl (C=O) groups is 3. The van der Waals surface area contributed by atoms with Gasteiger partial charge in [-0.3, -0.25) is 14.5 Å². The highest BCUT2D eigenvalue weighted by atomic mass is 32.1. The van der Waals surface area contributed by atoms with Crippen LogP contribution in [0.2, 0.25) is 0 Å². The van der Waals surface area contributed by atoms with Crippen LogP contribution in [0.5, 0.6) is 11.5 Å². The molecule has 0 saturated carbocycles. The van der Waals surface area contributed by atoms with Gasteiger partial charge in [-0.25, -0.2) is 4.79 Å². The predicted octanol–water partition coefficient (Wildman–Crippen LogP) is 2.88. The molecule has 0 aliphatic carbocycles. The van der Waals surface area contributed by atoms with Gasteiger partial charge in [0.05, 0.1) is 33.3 Å². The molecule has 35 heavy (non-hydrogen) atoms. The number of carbonyl (C=O) groups excluding carboxylic acids is 3. The zero-order chi connectivity index (χ0) is 25.5. The molecule has 186 valence electrons. The summed E-state index contributed by atoms with van der Waals surface area (Å²) in [4.78, 5) is 40.7. The minimum absolute atomic E-state index is 0.0554. The van der Waals surface area contributed by atoms with Gasteiger partial charge in [0.2, 0.25) is 5.91 Å². The Morgan fingerprint density at radius 3 is 2.31 bits per heavy atom. The molecule has 1 atom stereocenters. The first kappa shape index (κ1) is 26.0. The monoisotopic (exact) mass is 499 g/mol. The second-order valence-corrected chi connectivity index (χ2v) is 8.20. The van der Waals surface area contributed by atoms with Crippen LogP contribution in [-0.2, 0) is 20.7 Å². The van der Waals surface area contributed by atoms with E-state index in [4.69, 9.17) is 21.7 Å². The summed E-state index contributed by atoms with van der Waals surface area (Å²) in [6.45, 7) is 2.74. The van der Waals surface area contributed by atoms with Crippen molar-refractivity contribution in [3.63, 3.8) is 0 Å². The van der Waals surface area contributed by atoms with E-state index in [1.165, 1.54) is 12.0 Å². The van der Waals surface area contributed by atoms with Crippen molar-refractivity contribution < 1.29 is 28.6 Å². The Balaban J connectivity index is 1.70. The van der Waals surface area contributed by atoms with Gasteiger partial charge in [0.25, 0.3) is 5.91 Å². The van der Waals surface area contributed by atoms with Gasteiger partial charge in [0.15, 0.2) is 16.6 Å². The van der Waals surface area contributed by atoms with Crippen molar-refractivity contribution in [1.82, 2.24) is 9.80 Å². The number of hydrogen-bond acceptors (Lipinski definition) is 7. The summed E-state index contributed by atoms with van der Waals surface area (Å²) in [5, 5.41) is 3.20. The Labute approximate surface area is 209 Å². The van der Waals surface area contributed by atoms with E-state index in [1.807, 2.05) is 25.1 Å². The van der Waals surface area contributed by atoms with E-state index in [1.54, 1.807) is 43.4 Å². The van der Waals surface area contributed by atoms with Gasteiger partial charge in [0.1, 0.15) is 6.04 Å². The molecule has 1 aliphatic heterocycles. The Bertz CT molecular complexity index is 1100. The molecule has 3 rings (SSSR count).